The van der Waals surface area contributed by atoms with Gasteiger partial charge in [0.25, 0.3) is 0 Å². The van der Waals surface area contributed by atoms with Crippen LogP contribution in [-0.4, -0.2) is 0 Å². The first-order chi connectivity index (χ1) is 5.61. The van der Waals surface area contributed by atoms with Gasteiger partial charge in [0.2, 0.25) is 0 Å². The minimum absolute atomic E-state index is 0.0924. The number of hydrogen-bond donors (Lipinski definition) is 0. The number of thiophene rings is 2. The molecule has 0 aliphatic rings. The van der Waals surface area contributed by atoms with Crippen LogP contribution < -0.4 is 0 Å². The fraction of sp³-hybridized carbons (Fsp3) is 0. The average Bonchev–Trinajstić information content (AvgIpc) is 2.40. The van der Waals surface area contributed by atoms with Crippen LogP contribution in [0.4, 0.5) is 0 Å². The molecule has 8 heavy (non-hydrogen) atoms. The van der Waals surface area contributed by atoms with Crippen molar-refractivity contribution in [3.8, 4) is 0 Å². The maximum atomic E-state index is 7.45. The Hall–Kier alpha value is -0.340. The highest BCUT2D eigenvalue weighted by atomic mass is 32.2. The van der Waals surface area contributed by atoms with E-state index in [4.69, 9.17) is 5.48 Å². The lowest BCUT2D eigenvalue weighted by Crippen LogP contribution is -1.36. The van der Waals surface area contributed by atoms with E-state index in [1.54, 1.807) is 0 Å². The Morgan fingerprint density at radius 1 is 1.25 bits per heavy atom. The van der Waals surface area contributed by atoms with Crippen LogP contribution in [0.15, 0.2) is 22.8 Å². The van der Waals surface area contributed by atoms with Gasteiger partial charge < -0.3 is 0 Å². The summed E-state index contributed by atoms with van der Waals surface area (Å²) in [6, 6.07) is 0.185. The van der Waals surface area contributed by atoms with Crippen molar-refractivity contribution >= 4 is 32.1 Å². The zero-order valence-corrected chi connectivity index (χ0v) is 5.45. The van der Waals surface area contributed by atoms with Gasteiger partial charge >= 0.3 is 0 Å². The third-order valence-corrected chi connectivity index (χ3v) is 2.53. The summed E-state index contributed by atoms with van der Waals surface area (Å²) in [6.07, 6.45) is 0. The summed E-state index contributed by atoms with van der Waals surface area (Å²) in [5.74, 6) is 0. The molecular weight excluding hydrogens is 136 g/mol. The molecule has 0 nitrogen and oxygen atoms in total. The van der Waals surface area contributed by atoms with E-state index < -0.39 is 0 Å². The van der Waals surface area contributed by atoms with Gasteiger partial charge in [0.15, 0.2) is 0 Å². The van der Waals surface area contributed by atoms with E-state index in [1.165, 1.54) is 22.7 Å². The first-order valence-corrected chi connectivity index (χ1v) is 3.70. The predicted molar refractivity (Wildman–Crippen MR) is 39.7 cm³/mol. The van der Waals surface area contributed by atoms with Crippen LogP contribution in [0.3, 0.4) is 0 Å². The SMILES string of the molecule is [2H]c1sc2sc([2H])c([2H])c2c1[2H]. The van der Waals surface area contributed by atoms with E-state index in [0.29, 0.717) is 5.39 Å². The standard InChI is InChI=1S/C6H4S2/c1-3-7-6-5(1)2-4-8-6/h1-4H/i1D,2D,3D,4D. The van der Waals surface area contributed by atoms with Crippen molar-refractivity contribution in [3.63, 3.8) is 0 Å². The summed E-state index contributed by atoms with van der Waals surface area (Å²) in [5.41, 5.74) is 0. The normalized spacial score (nSPS) is 17.5. The molecule has 0 spiro atoms. The molecule has 0 bridgehead atoms. The number of fused-ring (bicyclic) bond motifs is 1. The van der Waals surface area contributed by atoms with Crippen LogP contribution in [0.1, 0.15) is 5.48 Å². The zero-order valence-electron chi connectivity index (χ0n) is 7.82. The van der Waals surface area contributed by atoms with Crippen LogP contribution in [0.2, 0.25) is 0 Å². The molecule has 0 saturated carbocycles. The van der Waals surface area contributed by atoms with Crippen LogP contribution in [0, 0.1) is 0 Å². The molecule has 0 aromatic carbocycles. The largest absolute Gasteiger partial charge is 0.133 e. The van der Waals surface area contributed by atoms with Gasteiger partial charge in [-0.05, 0) is 22.8 Å². The molecule has 2 heteroatoms. The van der Waals surface area contributed by atoms with E-state index >= 15 is 0 Å². The molecule has 0 amide bonds. The van der Waals surface area contributed by atoms with Crippen molar-refractivity contribution in [1.29, 1.82) is 0 Å². The molecule has 2 rings (SSSR count). The fourth-order valence-corrected chi connectivity index (χ4v) is 1.82. The topological polar surface area (TPSA) is 0 Å². The molecule has 40 valence electrons. The van der Waals surface area contributed by atoms with Crippen LogP contribution >= 0.6 is 22.7 Å². The van der Waals surface area contributed by atoms with Gasteiger partial charge in [-0.3, -0.25) is 0 Å². The Morgan fingerprint density at radius 3 is 2.38 bits per heavy atom. The highest BCUT2D eigenvalue weighted by Crippen LogP contribution is 2.25. The Balaban J connectivity index is 2.94. The van der Waals surface area contributed by atoms with Crippen molar-refractivity contribution in [3.05, 3.63) is 22.8 Å². The third kappa shape index (κ3) is 0.501. The molecule has 2 aromatic rings. The van der Waals surface area contributed by atoms with Crippen molar-refractivity contribution in [2.75, 3.05) is 0 Å². The molecule has 0 saturated heterocycles. The van der Waals surface area contributed by atoms with Gasteiger partial charge in [-0.15, -0.1) is 22.7 Å². The van der Waals surface area contributed by atoms with Crippen LogP contribution in [-0.2, 0) is 0 Å². The summed E-state index contributed by atoms with van der Waals surface area (Å²) in [6.45, 7) is 0. The maximum Gasteiger partial charge on any atom is 0.0864 e. The van der Waals surface area contributed by atoms with E-state index in [1.807, 2.05) is 0 Å². The second-order valence-electron chi connectivity index (χ2n) is 1.32. The fourth-order valence-electron chi connectivity index (χ4n) is 0.502. The van der Waals surface area contributed by atoms with Crippen molar-refractivity contribution in [2.45, 2.75) is 0 Å². The smallest absolute Gasteiger partial charge is 0.0864 e. The van der Waals surface area contributed by atoms with E-state index in [0.717, 1.165) is 4.01 Å². The molecule has 0 N–H and O–H groups in total. The van der Waals surface area contributed by atoms with Gasteiger partial charge in [-0.1, -0.05) is 0 Å². The van der Waals surface area contributed by atoms with Gasteiger partial charge in [0.05, 0.1) is 9.50 Å². The Morgan fingerprint density at radius 2 is 1.88 bits per heavy atom. The van der Waals surface area contributed by atoms with E-state index in [9.17, 15) is 0 Å². The molecule has 2 aromatic heterocycles. The summed E-state index contributed by atoms with van der Waals surface area (Å²) >= 11 is 2.34. The van der Waals surface area contributed by atoms with Gasteiger partial charge in [0.1, 0.15) is 0 Å². The first-order valence-electron chi connectivity index (χ1n) is 4.07. The summed E-state index contributed by atoms with van der Waals surface area (Å²) in [5, 5.41) is 0.842. The quantitative estimate of drug-likeness (QED) is 0.533. The molecule has 0 aliphatic heterocycles. The molecule has 0 radical (unpaired) electrons. The van der Waals surface area contributed by atoms with Gasteiger partial charge in [-0.2, -0.15) is 0 Å². The monoisotopic (exact) mass is 144 g/mol. The summed E-state index contributed by atoms with van der Waals surface area (Å²) in [4.78, 5) is 0. The first kappa shape index (κ1) is 2.12. The molecule has 0 unspecified atom stereocenters. The minimum atomic E-state index is 0.0924. The number of rotatable bonds is 0. The Kier molecular flexibility index (Phi) is 0.416. The number of hydrogen-bond acceptors (Lipinski definition) is 2. The Bertz CT molecular complexity index is 404. The van der Waals surface area contributed by atoms with Crippen LogP contribution in [0.25, 0.3) is 9.40 Å². The molecular formula is C6H4S2. The van der Waals surface area contributed by atoms with E-state index in [-0.39, 0.29) is 22.8 Å². The average molecular weight is 144 g/mol. The molecule has 0 fully saturated rings. The summed E-state index contributed by atoms with van der Waals surface area (Å²) in [7, 11) is 0. The lowest BCUT2D eigenvalue weighted by atomic mass is 10.4. The predicted octanol–water partition coefficient (Wildman–Crippen LogP) is 2.96. The van der Waals surface area contributed by atoms with Gasteiger partial charge in [0, 0.05) is 5.39 Å². The van der Waals surface area contributed by atoms with Crippen molar-refractivity contribution in [2.24, 2.45) is 0 Å². The molecule has 2 heterocycles. The molecule has 0 atom stereocenters. The minimum Gasteiger partial charge on any atom is -0.133 e. The summed E-state index contributed by atoms with van der Waals surface area (Å²) < 4.78 is 30.3. The second-order valence-corrected chi connectivity index (χ2v) is 3.21. The highest BCUT2D eigenvalue weighted by Gasteiger charge is 1.90. The van der Waals surface area contributed by atoms with Gasteiger partial charge in [-0.25, -0.2) is 0 Å². The third-order valence-electron chi connectivity index (χ3n) is 0.844. The van der Waals surface area contributed by atoms with Crippen molar-refractivity contribution in [1.82, 2.24) is 0 Å². The zero-order chi connectivity index (χ0) is 8.88. The Labute approximate surface area is 61.0 Å². The van der Waals surface area contributed by atoms with Crippen LogP contribution in [0.5, 0.6) is 0 Å². The highest BCUT2D eigenvalue weighted by molar-refractivity contribution is 7.36. The second kappa shape index (κ2) is 1.57. The van der Waals surface area contributed by atoms with Crippen molar-refractivity contribution < 1.29 is 5.48 Å². The maximum absolute atomic E-state index is 7.45. The van der Waals surface area contributed by atoms with E-state index in [2.05, 4.69) is 0 Å². The molecule has 0 aliphatic carbocycles. The lowest BCUT2D eigenvalue weighted by molar-refractivity contribution is 2.11. The lowest BCUT2D eigenvalue weighted by Gasteiger charge is -1.63.